The first kappa shape index (κ1) is 12.6. The second kappa shape index (κ2) is 4.62. The number of benzene rings is 1. The Morgan fingerprint density at radius 1 is 1.50 bits per heavy atom. The number of hydrogen-bond donors (Lipinski definition) is 1. The largest absolute Gasteiger partial charge is 0.486 e. The maximum atomic E-state index is 6.36. The molecule has 4 heteroatoms. The molecule has 1 aromatic rings. The molecule has 0 radical (unpaired) electrons. The van der Waals surface area contributed by atoms with Crippen molar-refractivity contribution in [2.24, 2.45) is 0 Å². The zero-order valence-corrected chi connectivity index (χ0v) is 12.3. The lowest BCUT2D eigenvalue weighted by atomic mass is 9.83. The Bertz CT molecular complexity index is 467. The van der Waals surface area contributed by atoms with Gasteiger partial charge in [0.25, 0.3) is 0 Å². The summed E-state index contributed by atoms with van der Waals surface area (Å²) in [5.41, 5.74) is 1.19. The molecule has 0 amide bonds. The van der Waals surface area contributed by atoms with Crippen molar-refractivity contribution < 1.29 is 4.74 Å². The Balaban J connectivity index is 2.02. The third-order valence-corrected chi connectivity index (χ3v) is 5.80. The van der Waals surface area contributed by atoms with Crippen molar-refractivity contribution in [2.45, 2.75) is 36.7 Å². The summed E-state index contributed by atoms with van der Waals surface area (Å²) in [4.78, 5) is 0. The van der Waals surface area contributed by atoms with Crippen molar-refractivity contribution in [3.05, 3.63) is 28.8 Å². The van der Waals surface area contributed by atoms with E-state index in [2.05, 4.69) is 12.2 Å². The molecular formula is C14H18ClNOS. The fraction of sp³-hybridized carbons (Fsp3) is 0.571. The lowest BCUT2D eigenvalue weighted by Gasteiger charge is -2.42. The molecule has 1 N–H and O–H groups in total. The average molecular weight is 284 g/mol. The van der Waals surface area contributed by atoms with Gasteiger partial charge in [-0.05, 0) is 44.3 Å². The predicted octanol–water partition coefficient (Wildman–Crippen LogP) is 3.65. The summed E-state index contributed by atoms with van der Waals surface area (Å²) in [5.74, 6) is 2.19. The molecule has 1 aromatic carbocycles. The molecule has 0 saturated carbocycles. The maximum Gasteiger partial charge on any atom is 0.125 e. The highest BCUT2D eigenvalue weighted by Crippen LogP contribution is 2.49. The van der Waals surface area contributed by atoms with Crippen LogP contribution in [-0.2, 0) is 0 Å². The highest BCUT2D eigenvalue weighted by atomic mass is 35.5. The molecule has 0 bridgehead atoms. The molecular weight excluding hydrogens is 266 g/mol. The van der Waals surface area contributed by atoms with Gasteiger partial charge in [-0.3, -0.25) is 0 Å². The summed E-state index contributed by atoms with van der Waals surface area (Å²) >= 11 is 8.11. The smallest absolute Gasteiger partial charge is 0.125 e. The second-order valence-electron chi connectivity index (χ2n) is 5.16. The van der Waals surface area contributed by atoms with Gasteiger partial charge in [0.1, 0.15) is 11.4 Å². The van der Waals surface area contributed by atoms with Crippen molar-refractivity contribution >= 4 is 23.4 Å². The number of thioether (sulfide) groups is 1. The normalized spacial score (nSPS) is 34.4. The van der Waals surface area contributed by atoms with E-state index in [0.717, 1.165) is 23.6 Å². The van der Waals surface area contributed by atoms with Gasteiger partial charge < -0.3 is 10.1 Å². The van der Waals surface area contributed by atoms with Gasteiger partial charge in [0.15, 0.2) is 0 Å². The molecule has 2 aliphatic rings. The van der Waals surface area contributed by atoms with Gasteiger partial charge in [0.05, 0.1) is 0 Å². The van der Waals surface area contributed by atoms with E-state index in [-0.39, 0.29) is 5.60 Å². The molecule has 0 aliphatic carbocycles. The summed E-state index contributed by atoms with van der Waals surface area (Å²) < 4.78 is 6.36. The van der Waals surface area contributed by atoms with Crippen LogP contribution in [0.5, 0.6) is 5.75 Å². The van der Waals surface area contributed by atoms with E-state index >= 15 is 0 Å². The fourth-order valence-corrected chi connectivity index (χ4v) is 4.59. The first-order valence-electron chi connectivity index (χ1n) is 6.42. The van der Waals surface area contributed by atoms with Gasteiger partial charge in [-0.1, -0.05) is 11.6 Å². The number of halogens is 1. The van der Waals surface area contributed by atoms with Crippen LogP contribution in [0.2, 0.25) is 5.02 Å². The average Bonchev–Trinajstić information content (AvgIpc) is 2.70. The second-order valence-corrected chi connectivity index (χ2v) is 7.04. The van der Waals surface area contributed by atoms with Crippen LogP contribution < -0.4 is 10.1 Å². The Morgan fingerprint density at radius 3 is 3.00 bits per heavy atom. The SMILES string of the molecule is CNC1CC2(CCSC2C)Oc2ccc(Cl)cc21. The molecule has 18 heavy (non-hydrogen) atoms. The van der Waals surface area contributed by atoms with Crippen LogP contribution in [0.15, 0.2) is 18.2 Å². The molecule has 2 heterocycles. The van der Waals surface area contributed by atoms with Gasteiger partial charge >= 0.3 is 0 Å². The molecule has 3 unspecified atom stereocenters. The van der Waals surface area contributed by atoms with Crippen LogP contribution in [0.25, 0.3) is 0 Å². The van der Waals surface area contributed by atoms with Crippen LogP contribution in [0, 0.1) is 0 Å². The molecule has 1 saturated heterocycles. The van der Waals surface area contributed by atoms with E-state index in [1.54, 1.807) is 0 Å². The number of nitrogens with one attached hydrogen (secondary N) is 1. The van der Waals surface area contributed by atoms with Gasteiger partial charge in [-0.2, -0.15) is 11.8 Å². The van der Waals surface area contributed by atoms with E-state index in [4.69, 9.17) is 16.3 Å². The highest BCUT2D eigenvalue weighted by molar-refractivity contribution is 8.00. The zero-order chi connectivity index (χ0) is 12.8. The molecule has 1 spiro atoms. The Hall–Kier alpha value is -0.380. The van der Waals surface area contributed by atoms with E-state index in [1.165, 1.54) is 11.3 Å². The number of fused-ring (bicyclic) bond motifs is 1. The predicted molar refractivity (Wildman–Crippen MR) is 77.8 cm³/mol. The first-order valence-corrected chi connectivity index (χ1v) is 7.85. The van der Waals surface area contributed by atoms with Crippen LogP contribution >= 0.6 is 23.4 Å². The Labute approximate surface area is 117 Å². The minimum absolute atomic E-state index is 0.000821. The lowest BCUT2D eigenvalue weighted by molar-refractivity contribution is 0.0365. The van der Waals surface area contributed by atoms with E-state index in [0.29, 0.717) is 11.3 Å². The van der Waals surface area contributed by atoms with Gasteiger partial charge in [-0.15, -0.1) is 0 Å². The van der Waals surface area contributed by atoms with E-state index in [9.17, 15) is 0 Å². The van der Waals surface area contributed by atoms with E-state index < -0.39 is 0 Å². The maximum absolute atomic E-state index is 6.36. The van der Waals surface area contributed by atoms with Crippen molar-refractivity contribution in [2.75, 3.05) is 12.8 Å². The quantitative estimate of drug-likeness (QED) is 0.850. The third kappa shape index (κ3) is 1.93. The van der Waals surface area contributed by atoms with Crippen LogP contribution in [0.4, 0.5) is 0 Å². The van der Waals surface area contributed by atoms with Gasteiger partial charge in [0, 0.05) is 28.3 Å². The summed E-state index contributed by atoms with van der Waals surface area (Å²) in [5, 5.41) is 4.74. The highest BCUT2D eigenvalue weighted by Gasteiger charge is 2.48. The summed E-state index contributed by atoms with van der Waals surface area (Å²) in [6.07, 6.45) is 2.17. The zero-order valence-electron chi connectivity index (χ0n) is 10.7. The third-order valence-electron chi connectivity index (χ3n) is 4.19. The number of hydrogen-bond acceptors (Lipinski definition) is 3. The summed E-state index contributed by atoms with van der Waals surface area (Å²) in [7, 11) is 2.02. The molecule has 98 valence electrons. The number of ether oxygens (including phenoxy) is 1. The molecule has 0 aromatic heterocycles. The first-order chi connectivity index (χ1) is 8.64. The van der Waals surface area contributed by atoms with E-state index in [1.807, 2.05) is 37.0 Å². The van der Waals surface area contributed by atoms with Crippen LogP contribution in [0.1, 0.15) is 31.4 Å². The molecule has 3 rings (SSSR count). The number of rotatable bonds is 1. The lowest BCUT2D eigenvalue weighted by Crippen LogP contribution is -2.47. The molecule has 2 nitrogen and oxygen atoms in total. The van der Waals surface area contributed by atoms with Crippen LogP contribution in [-0.4, -0.2) is 23.7 Å². The van der Waals surface area contributed by atoms with Crippen LogP contribution in [0.3, 0.4) is 0 Å². The standard InChI is InChI=1S/C14H18ClNOS/c1-9-14(5-6-18-9)8-12(16-2)11-7-10(15)3-4-13(11)17-14/h3-4,7,9,12,16H,5-6,8H2,1-2H3. The topological polar surface area (TPSA) is 21.3 Å². The van der Waals surface area contributed by atoms with Crippen molar-refractivity contribution in [1.29, 1.82) is 0 Å². The molecule has 3 atom stereocenters. The summed E-state index contributed by atoms with van der Waals surface area (Å²) in [6, 6.07) is 6.29. The van der Waals surface area contributed by atoms with Gasteiger partial charge in [0.2, 0.25) is 0 Å². The minimum Gasteiger partial charge on any atom is -0.486 e. The Morgan fingerprint density at radius 2 is 2.33 bits per heavy atom. The van der Waals surface area contributed by atoms with Crippen molar-refractivity contribution in [3.8, 4) is 5.75 Å². The monoisotopic (exact) mass is 283 g/mol. The molecule has 1 fully saturated rings. The van der Waals surface area contributed by atoms with Gasteiger partial charge in [-0.25, -0.2) is 0 Å². The summed E-state index contributed by atoms with van der Waals surface area (Å²) in [6.45, 7) is 2.28. The fourth-order valence-electron chi connectivity index (χ4n) is 3.02. The van der Waals surface area contributed by atoms with Crippen molar-refractivity contribution in [3.63, 3.8) is 0 Å². The molecule has 2 aliphatic heterocycles. The Kier molecular flexibility index (Phi) is 3.25. The minimum atomic E-state index is -0.000821. The van der Waals surface area contributed by atoms with Crippen molar-refractivity contribution in [1.82, 2.24) is 5.32 Å².